The highest BCUT2D eigenvalue weighted by atomic mass is 32.1. The van der Waals surface area contributed by atoms with E-state index in [1.54, 1.807) is 22.9 Å². The lowest BCUT2D eigenvalue weighted by Crippen LogP contribution is -2.33. The van der Waals surface area contributed by atoms with Crippen LogP contribution in [0.25, 0.3) is 10.6 Å². The molecule has 3 heterocycles. The molecule has 0 atom stereocenters. The molecule has 24 heavy (non-hydrogen) atoms. The fourth-order valence-corrected chi connectivity index (χ4v) is 3.84. The Kier molecular flexibility index (Phi) is 5.14. The summed E-state index contributed by atoms with van der Waals surface area (Å²) in [5, 5.41) is 10.0. The number of carbonyl (C=O) groups is 3. The molecule has 2 amide bonds. The van der Waals surface area contributed by atoms with E-state index in [2.05, 4.69) is 10.3 Å². The van der Waals surface area contributed by atoms with Gasteiger partial charge < -0.3 is 4.74 Å². The summed E-state index contributed by atoms with van der Waals surface area (Å²) in [5.41, 5.74) is 1.07. The number of aromatic nitrogens is 1. The van der Waals surface area contributed by atoms with E-state index in [1.165, 1.54) is 34.0 Å². The van der Waals surface area contributed by atoms with Crippen LogP contribution >= 0.6 is 34.0 Å². The molecule has 0 aliphatic heterocycles. The number of nitrogens with zero attached hydrogens (tertiary/aromatic N) is 1. The zero-order valence-corrected chi connectivity index (χ0v) is 14.5. The number of ether oxygens (including phenoxy) is 1. The van der Waals surface area contributed by atoms with E-state index in [4.69, 9.17) is 4.74 Å². The van der Waals surface area contributed by atoms with E-state index in [9.17, 15) is 14.4 Å². The molecule has 0 fully saturated rings. The topological polar surface area (TPSA) is 85.4 Å². The number of nitrogens with one attached hydrogen (secondary N) is 1. The minimum Gasteiger partial charge on any atom is -0.451 e. The molecule has 0 unspecified atom stereocenters. The van der Waals surface area contributed by atoms with Crippen molar-refractivity contribution in [3.63, 3.8) is 0 Å². The van der Waals surface area contributed by atoms with Crippen molar-refractivity contribution in [1.82, 2.24) is 10.3 Å². The molecule has 0 aliphatic carbocycles. The Morgan fingerprint density at radius 2 is 2.00 bits per heavy atom. The fraction of sp³-hybridized carbons (Fsp3) is 0.0667. The highest BCUT2D eigenvalue weighted by molar-refractivity contribution is 7.14. The van der Waals surface area contributed by atoms with Crippen LogP contribution in [0.3, 0.4) is 0 Å². The molecule has 3 rings (SSSR count). The normalized spacial score (nSPS) is 10.3. The van der Waals surface area contributed by atoms with Crippen LogP contribution in [0.4, 0.5) is 0 Å². The minimum atomic E-state index is -0.702. The zero-order valence-electron chi connectivity index (χ0n) is 12.1. The van der Waals surface area contributed by atoms with E-state index in [0.717, 1.165) is 5.56 Å². The number of thiazole rings is 1. The molecule has 6 nitrogen and oxygen atoms in total. The molecular formula is C15H10N2O4S3. The van der Waals surface area contributed by atoms with Gasteiger partial charge in [0.25, 0.3) is 11.8 Å². The van der Waals surface area contributed by atoms with Gasteiger partial charge in [0, 0.05) is 16.3 Å². The van der Waals surface area contributed by atoms with Crippen LogP contribution in [0.2, 0.25) is 0 Å². The first-order chi connectivity index (χ1) is 11.6. The lowest BCUT2D eigenvalue weighted by atomic mass is 10.3. The van der Waals surface area contributed by atoms with Crippen molar-refractivity contribution in [3.05, 3.63) is 50.3 Å². The van der Waals surface area contributed by atoms with Crippen LogP contribution in [0.15, 0.2) is 39.7 Å². The Morgan fingerprint density at radius 1 is 1.12 bits per heavy atom. The molecule has 1 N–H and O–H groups in total. The maximum Gasteiger partial charge on any atom is 0.358 e. The number of amides is 2. The average molecular weight is 378 g/mol. The number of imide groups is 1. The molecule has 3 aromatic rings. The van der Waals surface area contributed by atoms with E-state index < -0.39 is 24.4 Å². The van der Waals surface area contributed by atoms with Gasteiger partial charge in [0.2, 0.25) is 0 Å². The van der Waals surface area contributed by atoms with Crippen molar-refractivity contribution in [2.45, 2.75) is 0 Å². The van der Waals surface area contributed by atoms with Crippen molar-refractivity contribution < 1.29 is 19.1 Å². The maximum atomic E-state index is 11.9. The summed E-state index contributed by atoms with van der Waals surface area (Å²) in [6.45, 7) is -0.540. The molecule has 0 spiro atoms. The SMILES string of the molecule is O=C(COC(=O)c1csc(-c2ccsc2)n1)NC(=O)c1cccs1. The number of thiophene rings is 2. The standard InChI is InChI=1S/C15H10N2O4S3/c18-12(17-13(19)11-2-1-4-23-11)6-21-15(20)10-8-24-14(16-10)9-3-5-22-7-9/h1-5,7-8H,6H2,(H,17,18,19). The minimum absolute atomic E-state index is 0.138. The van der Waals surface area contributed by atoms with Gasteiger partial charge >= 0.3 is 5.97 Å². The molecule has 0 radical (unpaired) electrons. The van der Waals surface area contributed by atoms with Gasteiger partial charge in [-0.1, -0.05) is 6.07 Å². The lowest BCUT2D eigenvalue weighted by Gasteiger charge is -2.03. The first-order valence-corrected chi connectivity index (χ1v) is 9.36. The Hall–Kier alpha value is -2.36. The van der Waals surface area contributed by atoms with Crippen molar-refractivity contribution >= 4 is 51.8 Å². The van der Waals surface area contributed by atoms with E-state index >= 15 is 0 Å². The molecule has 9 heteroatoms. The van der Waals surface area contributed by atoms with Gasteiger partial charge in [0.05, 0.1) is 4.88 Å². The molecule has 0 bridgehead atoms. The number of carbonyl (C=O) groups excluding carboxylic acids is 3. The predicted octanol–water partition coefficient (Wildman–Crippen LogP) is 3.05. The van der Waals surface area contributed by atoms with Crippen LogP contribution in [-0.2, 0) is 9.53 Å². The van der Waals surface area contributed by atoms with Crippen LogP contribution in [0.5, 0.6) is 0 Å². The Balaban J connectivity index is 1.52. The third kappa shape index (κ3) is 3.94. The smallest absolute Gasteiger partial charge is 0.358 e. The monoisotopic (exact) mass is 378 g/mol. The number of rotatable bonds is 5. The largest absolute Gasteiger partial charge is 0.451 e. The van der Waals surface area contributed by atoms with Crippen molar-refractivity contribution in [2.24, 2.45) is 0 Å². The van der Waals surface area contributed by atoms with Crippen molar-refractivity contribution in [3.8, 4) is 10.6 Å². The third-order valence-electron chi connectivity index (χ3n) is 2.81. The predicted molar refractivity (Wildman–Crippen MR) is 92.5 cm³/mol. The van der Waals surface area contributed by atoms with Gasteiger partial charge in [0.15, 0.2) is 12.3 Å². The van der Waals surface area contributed by atoms with Crippen LogP contribution < -0.4 is 5.32 Å². The zero-order chi connectivity index (χ0) is 16.9. The second kappa shape index (κ2) is 7.47. The maximum absolute atomic E-state index is 11.9. The summed E-state index contributed by atoms with van der Waals surface area (Å²) in [4.78, 5) is 39.9. The molecule has 122 valence electrons. The van der Waals surface area contributed by atoms with Gasteiger partial charge in [-0.2, -0.15) is 11.3 Å². The first kappa shape index (κ1) is 16.5. The summed E-state index contributed by atoms with van der Waals surface area (Å²) in [6, 6.07) is 5.21. The Bertz CT molecular complexity index is 853. The first-order valence-electron chi connectivity index (χ1n) is 6.66. The van der Waals surface area contributed by atoms with Gasteiger partial charge in [-0.3, -0.25) is 14.9 Å². The summed E-state index contributed by atoms with van der Waals surface area (Å²) in [5.74, 6) is -1.90. The van der Waals surface area contributed by atoms with E-state index in [-0.39, 0.29) is 5.69 Å². The molecular weight excluding hydrogens is 368 g/mol. The highest BCUT2D eigenvalue weighted by Crippen LogP contribution is 2.25. The number of hydrogen-bond acceptors (Lipinski definition) is 8. The molecule has 3 aromatic heterocycles. The summed E-state index contributed by atoms with van der Waals surface area (Å²) >= 11 is 4.07. The van der Waals surface area contributed by atoms with Crippen LogP contribution in [0.1, 0.15) is 20.2 Å². The number of esters is 1. The third-order valence-corrected chi connectivity index (χ3v) is 5.26. The molecule has 0 aromatic carbocycles. The van der Waals surface area contributed by atoms with E-state index in [0.29, 0.717) is 9.88 Å². The number of hydrogen-bond donors (Lipinski definition) is 1. The molecule has 0 aliphatic rings. The van der Waals surface area contributed by atoms with E-state index in [1.807, 2.05) is 16.8 Å². The summed E-state index contributed by atoms with van der Waals surface area (Å²) in [6.07, 6.45) is 0. The molecule has 0 saturated heterocycles. The van der Waals surface area contributed by atoms with Crippen LogP contribution in [-0.4, -0.2) is 29.4 Å². The quantitative estimate of drug-likeness (QED) is 0.690. The second-order valence-electron chi connectivity index (χ2n) is 4.48. The van der Waals surface area contributed by atoms with Gasteiger partial charge in [-0.15, -0.1) is 22.7 Å². The average Bonchev–Trinajstić information content (AvgIpc) is 3.34. The van der Waals surface area contributed by atoms with Crippen LogP contribution in [0, 0.1) is 0 Å². The summed E-state index contributed by atoms with van der Waals surface area (Å²) in [7, 11) is 0. The molecule has 0 saturated carbocycles. The second-order valence-corrected chi connectivity index (χ2v) is 7.07. The lowest BCUT2D eigenvalue weighted by molar-refractivity contribution is -0.123. The summed E-state index contributed by atoms with van der Waals surface area (Å²) < 4.78 is 4.89. The van der Waals surface area contributed by atoms with Gasteiger partial charge in [-0.05, 0) is 22.9 Å². The van der Waals surface area contributed by atoms with Gasteiger partial charge in [-0.25, -0.2) is 9.78 Å². The highest BCUT2D eigenvalue weighted by Gasteiger charge is 2.17. The Morgan fingerprint density at radius 3 is 2.71 bits per heavy atom. The fourth-order valence-electron chi connectivity index (χ4n) is 1.72. The Labute approximate surface area is 148 Å². The van der Waals surface area contributed by atoms with Gasteiger partial charge in [0.1, 0.15) is 5.01 Å². The van der Waals surface area contributed by atoms with Crippen molar-refractivity contribution in [2.75, 3.05) is 6.61 Å². The van der Waals surface area contributed by atoms with Crippen molar-refractivity contribution in [1.29, 1.82) is 0 Å².